The van der Waals surface area contributed by atoms with Crippen molar-refractivity contribution in [3.8, 4) is 5.88 Å². The molecule has 102 valence electrons. The van der Waals surface area contributed by atoms with Gasteiger partial charge in [0.1, 0.15) is 11.6 Å². The van der Waals surface area contributed by atoms with Crippen LogP contribution < -0.4 is 10.1 Å². The van der Waals surface area contributed by atoms with Crippen LogP contribution in [0, 0.1) is 0 Å². The van der Waals surface area contributed by atoms with E-state index in [1.165, 1.54) is 0 Å². The molecule has 2 heterocycles. The van der Waals surface area contributed by atoms with Crippen molar-refractivity contribution >= 4 is 22.9 Å². The molecule has 0 saturated heterocycles. The maximum atomic E-state index is 6.17. The van der Waals surface area contributed by atoms with E-state index in [0.717, 1.165) is 30.0 Å². The molecule has 0 fully saturated rings. The van der Waals surface area contributed by atoms with Crippen molar-refractivity contribution in [1.29, 1.82) is 0 Å². The van der Waals surface area contributed by atoms with Crippen molar-refractivity contribution in [3.05, 3.63) is 45.2 Å². The van der Waals surface area contributed by atoms with Crippen LogP contribution in [-0.2, 0) is 13.2 Å². The van der Waals surface area contributed by atoms with Crippen molar-refractivity contribution in [1.82, 2.24) is 10.3 Å². The molecule has 0 aliphatic rings. The molecule has 0 unspecified atom stereocenters. The predicted octanol–water partition coefficient (Wildman–Crippen LogP) is 3.88. The Bertz CT molecular complexity index is 502. The lowest BCUT2D eigenvalue weighted by Gasteiger charge is -2.08. The Hall–Kier alpha value is -1.10. The summed E-state index contributed by atoms with van der Waals surface area (Å²) >= 11 is 7.83. The number of ether oxygens (including phenoxy) is 1. The molecule has 0 amide bonds. The third-order valence-corrected chi connectivity index (χ3v) is 3.67. The van der Waals surface area contributed by atoms with Crippen LogP contribution >= 0.6 is 22.9 Å². The van der Waals surface area contributed by atoms with Gasteiger partial charge in [0.25, 0.3) is 0 Å². The first kappa shape index (κ1) is 14.3. The van der Waals surface area contributed by atoms with E-state index in [1.54, 1.807) is 17.5 Å². The fraction of sp³-hybridized carbons (Fsp3) is 0.357. The number of rotatable bonds is 7. The number of hydrogen-bond acceptors (Lipinski definition) is 4. The molecule has 0 aliphatic heterocycles. The first-order valence-corrected chi connectivity index (χ1v) is 7.55. The molecule has 0 aliphatic carbocycles. The molecule has 1 N–H and O–H groups in total. The molecule has 2 aromatic rings. The first-order chi connectivity index (χ1) is 9.29. The van der Waals surface area contributed by atoms with E-state index in [1.807, 2.05) is 23.6 Å². The van der Waals surface area contributed by atoms with E-state index in [4.69, 9.17) is 16.3 Å². The van der Waals surface area contributed by atoms with Crippen molar-refractivity contribution < 1.29 is 4.74 Å². The normalized spacial score (nSPS) is 10.6. The minimum absolute atomic E-state index is 0.495. The maximum Gasteiger partial charge on any atom is 0.232 e. The number of pyridine rings is 1. The van der Waals surface area contributed by atoms with Gasteiger partial charge in [0.2, 0.25) is 5.88 Å². The number of halogens is 1. The number of thiophene rings is 1. The zero-order valence-electron chi connectivity index (χ0n) is 10.9. The highest BCUT2D eigenvalue weighted by Crippen LogP contribution is 2.24. The Kier molecular flexibility index (Phi) is 5.63. The van der Waals surface area contributed by atoms with Gasteiger partial charge in [0.15, 0.2) is 0 Å². The lowest BCUT2D eigenvalue weighted by molar-refractivity contribution is 0.297. The van der Waals surface area contributed by atoms with Crippen LogP contribution in [0.15, 0.2) is 29.8 Å². The van der Waals surface area contributed by atoms with E-state index in [0.29, 0.717) is 17.5 Å². The summed E-state index contributed by atoms with van der Waals surface area (Å²) in [7, 11) is 0. The average Bonchev–Trinajstić information content (AvgIpc) is 2.91. The Morgan fingerprint density at radius 3 is 3.05 bits per heavy atom. The van der Waals surface area contributed by atoms with Crippen molar-refractivity contribution in [2.75, 3.05) is 6.54 Å². The molecule has 3 nitrogen and oxygen atoms in total. The third-order valence-electron chi connectivity index (χ3n) is 2.55. The van der Waals surface area contributed by atoms with Gasteiger partial charge in [0, 0.05) is 17.6 Å². The van der Waals surface area contributed by atoms with E-state index < -0.39 is 0 Å². The summed E-state index contributed by atoms with van der Waals surface area (Å²) in [6, 6.07) is 5.93. The third kappa shape index (κ3) is 4.49. The Balaban J connectivity index is 1.91. The van der Waals surface area contributed by atoms with E-state index in [9.17, 15) is 0 Å². The van der Waals surface area contributed by atoms with Crippen molar-refractivity contribution in [3.63, 3.8) is 0 Å². The molecule has 0 aromatic carbocycles. The van der Waals surface area contributed by atoms with Gasteiger partial charge in [-0.3, -0.25) is 0 Å². The van der Waals surface area contributed by atoms with Gasteiger partial charge in [-0.15, -0.1) is 11.3 Å². The molecule has 5 heteroatoms. The summed E-state index contributed by atoms with van der Waals surface area (Å²) in [5.74, 6) is 0.495. The van der Waals surface area contributed by atoms with Gasteiger partial charge < -0.3 is 10.1 Å². The quantitative estimate of drug-likeness (QED) is 0.788. The summed E-state index contributed by atoms with van der Waals surface area (Å²) in [5.41, 5.74) is 1.07. The molecule has 2 rings (SSSR count). The fourth-order valence-corrected chi connectivity index (χ4v) is 2.47. The van der Waals surface area contributed by atoms with E-state index >= 15 is 0 Å². The second-order valence-corrected chi connectivity index (χ2v) is 5.61. The topological polar surface area (TPSA) is 34.2 Å². The molecule has 19 heavy (non-hydrogen) atoms. The van der Waals surface area contributed by atoms with Crippen LogP contribution in [0.1, 0.15) is 23.8 Å². The summed E-state index contributed by atoms with van der Waals surface area (Å²) in [6.07, 6.45) is 2.92. The molecule has 0 saturated carbocycles. The van der Waals surface area contributed by atoms with Crippen LogP contribution in [0.4, 0.5) is 0 Å². The maximum absolute atomic E-state index is 6.17. The largest absolute Gasteiger partial charge is 0.471 e. The molecule has 2 aromatic heterocycles. The molecule has 0 bridgehead atoms. The van der Waals surface area contributed by atoms with Gasteiger partial charge in [-0.2, -0.15) is 0 Å². The molecular weight excluding hydrogens is 280 g/mol. The van der Waals surface area contributed by atoms with Gasteiger partial charge in [0.05, 0.1) is 0 Å². The van der Waals surface area contributed by atoms with Crippen LogP contribution in [-0.4, -0.2) is 11.5 Å². The highest BCUT2D eigenvalue weighted by molar-refractivity contribution is 7.09. The predicted molar refractivity (Wildman–Crippen MR) is 79.9 cm³/mol. The lowest BCUT2D eigenvalue weighted by Crippen LogP contribution is -2.14. The summed E-state index contributed by atoms with van der Waals surface area (Å²) in [5, 5.41) is 5.90. The van der Waals surface area contributed by atoms with Gasteiger partial charge in [-0.25, -0.2) is 4.98 Å². The highest BCUT2D eigenvalue weighted by Gasteiger charge is 2.05. The summed E-state index contributed by atoms with van der Waals surface area (Å²) in [6.45, 7) is 4.43. The SMILES string of the molecule is CCCNCc1cnc(OCc2cccs2)c(Cl)c1. The van der Waals surface area contributed by atoms with Crippen LogP contribution in [0.25, 0.3) is 0 Å². The standard InChI is InChI=1S/C14H17ClN2OS/c1-2-5-16-8-11-7-13(15)14(17-9-11)18-10-12-4-3-6-19-12/h3-4,6-7,9,16H,2,5,8,10H2,1H3. The molecule has 0 atom stereocenters. The molecule has 0 radical (unpaired) electrons. The number of aromatic nitrogens is 1. The van der Waals surface area contributed by atoms with Crippen molar-refractivity contribution in [2.24, 2.45) is 0 Å². The Morgan fingerprint density at radius 2 is 2.37 bits per heavy atom. The van der Waals surface area contributed by atoms with Crippen LogP contribution in [0.2, 0.25) is 5.02 Å². The second kappa shape index (κ2) is 7.48. The van der Waals surface area contributed by atoms with Gasteiger partial charge in [-0.1, -0.05) is 24.6 Å². The number of hydrogen-bond donors (Lipinski definition) is 1. The average molecular weight is 297 g/mol. The number of nitrogens with zero attached hydrogens (tertiary/aromatic N) is 1. The van der Waals surface area contributed by atoms with Crippen LogP contribution in [0.3, 0.4) is 0 Å². The fourth-order valence-electron chi connectivity index (χ4n) is 1.61. The number of nitrogens with one attached hydrogen (secondary N) is 1. The van der Waals surface area contributed by atoms with Gasteiger partial charge >= 0.3 is 0 Å². The van der Waals surface area contributed by atoms with E-state index in [2.05, 4.69) is 17.2 Å². The summed E-state index contributed by atoms with van der Waals surface area (Å²) < 4.78 is 5.61. The Morgan fingerprint density at radius 1 is 1.47 bits per heavy atom. The van der Waals surface area contributed by atoms with Gasteiger partial charge in [-0.05, 0) is 36.0 Å². The lowest BCUT2D eigenvalue weighted by atomic mass is 10.3. The zero-order valence-corrected chi connectivity index (χ0v) is 12.4. The highest BCUT2D eigenvalue weighted by atomic mass is 35.5. The minimum atomic E-state index is 0.495. The van der Waals surface area contributed by atoms with Crippen LogP contribution in [0.5, 0.6) is 5.88 Å². The van der Waals surface area contributed by atoms with E-state index in [-0.39, 0.29) is 0 Å². The monoisotopic (exact) mass is 296 g/mol. The van der Waals surface area contributed by atoms with Crippen molar-refractivity contribution in [2.45, 2.75) is 26.5 Å². The smallest absolute Gasteiger partial charge is 0.232 e. The summed E-state index contributed by atoms with van der Waals surface area (Å²) in [4.78, 5) is 5.43. The first-order valence-electron chi connectivity index (χ1n) is 6.30. The minimum Gasteiger partial charge on any atom is -0.471 e. The molecular formula is C14H17ClN2OS. The zero-order chi connectivity index (χ0) is 13.5. The second-order valence-electron chi connectivity index (χ2n) is 4.18. The Labute approximate surface area is 122 Å². The molecule has 0 spiro atoms.